The summed E-state index contributed by atoms with van der Waals surface area (Å²) >= 11 is 0. The minimum absolute atomic E-state index is 0.0605. The van der Waals surface area contributed by atoms with Gasteiger partial charge in [-0.1, -0.05) is 31.4 Å². The number of hydrogen-bond donors (Lipinski definition) is 3. The molecule has 0 radical (unpaired) electrons. The number of hydrogen-bond acceptors (Lipinski definition) is 4. The van der Waals surface area contributed by atoms with Crippen LogP contribution in [0.15, 0.2) is 29.3 Å². The van der Waals surface area contributed by atoms with E-state index in [0.29, 0.717) is 18.4 Å². The first-order chi connectivity index (χ1) is 13.7. The van der Waals surface area contributed by atoms with Crippen LogP contribution in [0.4, 0.5) is 5.69 Å². The molecular formula is C21H33N5O3. The van der Waals surface area contributed by atoms with Crippen LogP contribution in [0.2, 0.25) is 0 Å². The van der Waals surface area contributed by atoms with Crippen LogP contribution in [0.25, 0.3) is 0 Å². The first-order valence-electron chi connectivity index (χ1n) is 10.3. The number of nitro benzene ring substituents is 1. The topological polar surface area (TPSA) is 109 Å². The fraction of sp³-hybridized carbons (Fsp3) is 0.619. The predicted octanol–water partition coefficient (Wildman–Crippen LogP) is 3.13. The van der Waals surface area contributed by atoms with Gasteiger partial charge in [0.25, 0.3) is 5.69 Å². The summed E-state index contributed by atoms with van der Waals surface area (Å²) in [7, 11) is 0. The van der Waals surface area contributed by atoms with E-state index in [1.807, 2.05) is 20.8 Å². The second kappa shape index (κ2) is 10.8. The Hall–Kier alpha value is -2.64. The number of nitro groups is 1. The molecule has 1 saturated carbocycles. The number of benzene rings is 1. The van der Waals surface area contributed by atoms with Crippen molar-refractivity contribution in [3.63, 3.8) is 0 Å². The van der Waals surface area contributed by atoms with Gasteiger partial charge in [0, 0.05) is 24.2 Å². The molecule has 1 aliphatic rings. The van der Waals surface area contributed by atoms with Gasteiger partial charge in [0.05, 0.1) is 18.0 Å². The highest BCUT2D eigenvalue weighted by molar-refractivity contribution is 5.86. The number of guanidine groups is 1. The van der Waals surface area contributed by atoms with E-state index in [1.54, 1.807) is 12.1 Å². The van der Waals surface area contributed by atoms with Crippen molar-refractivity contribution in [3.05, 3.63) is 39.9 Å². The number of nitrogens with one attached hydrogen (secondary N) is 3. The van der Waals surface area contributed by atoms with E-state index in [2.05, 4.69) is 20.9 Å². The smallest absolute Gasteiger partial charge is 0.269 e. The Morgan fingerprint density at radius 2 is 1.79 bits per heavy atom. The molecule has 160 valence electrons. The molecule has 1 aromatic rings. The zero-order chi connectivity index (χ0) is 21.3. The van der Waals surface area contributed by atoms with Crippen molar-refractivity contribution in [1.82, 2.24) is 16.0 Å². The Balaban J connectivity index is 1.96. The van der Waals surface area contributed by atoms with Gasteiger partial charge in [-0.05, 0) is 45.1 Å². The summed E-state index contributed by atoms with van der Waals surface area (Å²) < 4.78 is 0. The minimum atomic E-state index is -0.417. The Labute approximate surface area is 172 Å². The maximum atomic E-state index is 12.1. The highest BCUT2D eigenvalue weighted by Crippen LogP contribution is 2.22. The third-order valence-electron chi connectivity index (χ3n) is 4.78. The normalized spacial score (nSPS) is 15.6. The Bertz CT molecular complexity index is 704. The van der Waals surface area contributed by atoms with Gasteiger partial charge in [0.15, 0.2) is 5.96 Å². The van der Waals surface area contributed by atoms with Gasteiger partial charge >= 0.3 is 0 Å². The molecule has 8 heteroatoms. The van der Waals surface area contributed by atoms with Crippen molar-refractivity contribution in [3.8, 4) is 0 Å². The number of nitrogens with zero attached hydrogens (tertiary/aromatic N) is 2. The summed E-state index contributed by atoms with van der Waals surface area (Å²) in [4.78, 5) is 27.1. The molecule has 29 heavy (non-hydrogen) atoms. The number of rotatable bonds is 7. The molecule has 8 nitrogen and oxygen atoms in total. The molecule has 0 unspecified atom stereocenters. The second-order valence-electron chi connectivity index (χ2n) is 8.63. The molecule has 1 fully saturated rings. The van der Waals surface area contributed by atoms with Gasteiger partial charge in [0.2, 0.25) is 5.91 Å². The highest BCUT2D eigenvalue weighted by atomic mass is 16.6. The van der Waals surface area contributed by atoms with Crippen LogP contribution in [-0.2, 0) is 11.3 Å². The standard InChI is InChI=1S/C21H33N5O3/c1-21(2,3)25-19(27)15-24-20(22-13-16-7-5-4-6-8-16)23-14-17-9-11-18(12-10-17)26(28)29/h9-12,16H,4-8,13-15H2,1-3H3,(H,25,27)(H2,22,23,24). The van der Waals surface area contributed by atoms with Gasteiger partial charge in [-0.2, -0.15) is 0 Å². The Morgan fingerprint density at radius 3 is 2.38 bits per heavy atom. The van der Waals surface area contributed by atoms with Crippen LogP contribution >= 0.6 is 0 Å². The van der Waals surface area contributed by atoms with E-state index in [4.69, 9.17) is 0 Å². The lowest BCUT2D eigenvalue weighted by molar-refractivity contribution is -0.384. The number of non-ortho nitro benzene ring substituents is 1. The SMILES string of the molecule is CC(C)(C)NC(=O)CNC(=NCc1ccc([N+](=O)[O-])cc1)NCC1CCCCC1. The van der Waals surface area contributed by atoms with Crippen molar-refractivity contribution in [2.24, 2.45) is 10.9 Å². The molecule has 1 aromatic carbocycles. The summed E-state index contributed by atoms with van der Waals surface area (Å²) in [5.41, 5.74) is 0.642. The average molecular weight is 404 g/mol. The van der Waals surface area contributed by atoms with E-state index in [-0.39, 0.29) is 23.7 Å². The number of aliphatic imine (C=N–C) groups is 1. The van der Waals surface area contributed by atoms with Gasteiger partial charge in [-0.15, -0.1) is 0 Å². The van der Waals surface area contributed by atoms with E-state index < -0.39 is 4.92 Å². The van der Waals surface area contributed by atoms with Crippen molar-refractivity contribution in [2.45, 2.75) is 65.0 Å². The van der Waals surface area contributed by atoms with Crippen molar-refractivity contribution in [2.75, 3.05) is 13.1 Å². The van der Waals surface area contributed by atoms with Crippen molar-refractivity contribution < 1.29 is 9.72 Å². The van der Waals surface area contributed by atoms with E-state index >= 15 is 0 Å². The van der Waals surface area contributed by atoms with E-state index in [9.17, 15) is 14.9 Å². The molecule has 1 amide bonds. The number of carbonyl (C=O) groups is 1. The highest BCUT2D eigenvalue weighted by Gasteiger charge is 2.16. The minimum Gasteiger partial charge on any atom is -0.356 e. The van der Waals surface area contributed by atoms with Crippen molar-refractivity contribution >= 4 is 17.6 Å². The first-order valence-corrected chi connectivity index (χ1v) is 10.3. The fourth-order valence-electron chi connectivity index (χ4n) is 3.33. The Kier molecular flexibility index (Phi) is 8.42. The van der Waals surface area contributed by atoms with Crippen LogP contribution in [0.5, 0.6) is 0 Å². The van der Waals surface area contributed by atoms with Gasteiger partial charge < -0.3 is 16.0 Å². The molecule has 0 aliphatic heterocycles. The van der Waals surface area contributed by atoms with Gasteiger partial charge in [-0.25, -0.2) is 4.99 Å². The van der Waals surface area contributed by atoms with Crippen LogP contribution in [0, 0.1) is 16.0 Å². The molecule has 0 heterocycles. The van der Waals surface area contributed by atoms with E-state index in [1.165, 1.54) is 44.2 Å². The fourth-order valence-corrected chi connectivity index (χ4v) is 3.33. The summed E-state index contributed by atoms with van der Waals surface area (Å²) in [6.07, 6.45) is 6.27. The van der Waals surface area contributed by atoms with Crippen molar-refractivity contribution in [1.29, 1.82) is 0 Å². The average Bonchev–Trinajstić information content (AvgIpc) is 2.67. The molecule has 3 N–H and O–H groups in total. The molecule has 2 rings (SSSR count). The monoisotopic (exact) mass is 403 g/mol. The second-order valence-corrected chi connectivity index (χ2v) is 8.63. The zero-order valence-corrected chi connectivity index (χ0v) is 17.7. The number of amides is 1. The first kappa shape index (κ1) is 22.6. The van der Waals surface area contributed by atoms with Gasteiger partial charge in [0.1, 0.15) is 0 Å². The maximum absolute atomic E-state index is 12.1. The third kappa shape index (κ3) is 8.93. The lowest BCUT2D eigenvalue weighted by Crippen LogP contribution is -2.48. The van der Waals surface area contributed by atoms with Gasteiger partial charge in [-0.3, -0.25) is 14.9 Å². The molecule has 0 spiro atoms. The number of carbonyl (C=O) groups excluding carboxylic acids is 1. The van der Waals surface area contributed by atoms with Crippen LogP contribution < -0.4 is 16.0 Å². The summed E-state index contributed by atoms with van der Waals surface area (Å²) in [6.45, 7) is 7.15. The molecule has 0 atom stereocenters. The molecule has 0 aromatic heterocycles. The zero-order valence-electron chi connectivity index (χ0n) is 17.7. The lowest BCUT2D eigenvalue weighted by atomic mass is 9.89. The largest absolute Gasteiger partial charge is 0.356 e. The quantitative estimate of drug-likeness (QED) is 0.280. The third-order valence-corrected chi connectivity index (χ3v) is 4.78. The lowest BCUT2D eigenvalue weighted by Gasteiger charge is -2.24. The van der Waals surface area contributed by atoms with Crippen LogP contribution in [0.1, 0.15) is 58.4 Å². The molecular weight excluding hydrogens is 370 g/mol. The predicted molar refractivity (Wildman–Crippen MR) is 115 cm³/mol. The van der Waals surface area contributed by atoms with Crippen LogP contribution in [0.3, 0.4) is 0 Å². The molecule has 0 bridgehead atoms. The molecule has 1 aliphatic carbocycles. The summed E-state index contributed by atoms with van der Waals surface area (Å²) in [5, 5.41) is 20.2. The molecule has 0 saturated heterocycles. The van der Waals surface area contributed by atoms with Crippen LogP contribution in [-0.4, -0.2) is 35.4 Å². The maximum Gasteiger partial charge on any atom is 0.269 e. The Morgan fingerprint density at radius 1 is 1.14 bits per heavy atom. The summed E-state index contributed by atoms with van der Waals surface area (Å²) in [6, 6.07) is 6.35. The summed E-state index contributed by atoms with van der Waals surface area (Å²) in [5.74, 6) is 1.11. The van der Waals surface area contributed by atoms with E-state index in [0.717, 1.165) is 12.1 Å².